The van der Waals surface area contributed by atoms with Crippen molar-refractivity contribution in [1.82, 2.24) is 20.1 Å². The maximum atomic E-state index is 4.29. The van der Waals surface area contributed by atoms with Crippen LogP contribution in [0.25, 0.3) is 0 Å². The van der Waals surface area contributed by atoms with Crippen molar-refractivity contribution in [2.24, 2.45) is 0 Å². The molecule has 2 aromatic heterocycles. The Kier molecular flexibility index (Phi) is 4.10. The van der Waals surface area contributed by atoms with E-state index >= 15 is 0 Å². The van der Waals surface area contributed by atoms with Gasteiger partial charge in [0, 0.05) is 36.9 Å². The molecule has 4 nitrogen and oxygen atoms in total. The predicted octanol–water partition coefficient (Wildman–Crippen LogP) is 2.33. The Morgan fingerprint density at radius 2 is 2.11 bits per heavy atom. The largest absolute Gasteiger partial charge is 0.308 e. The van der Waals surface area contributed by atoms with Gasteiger partial charge < -0.3 is 5.32 Å². The van der Waals surface area contributed by atoms with Crippen LogP contribution in [0.3, 0.4) is 0 Å². The van der Waals surface area contributed by atoms with E-state index in [-0.39, 0.29) is 0 Å². The summed E-state index contributed by atoms with van der Waals surface area (Å²) in [6.07, 6.45) is 5.64. The van der Waals surface area contributed by atoms with E-state index in [2.05, 4.69) is 35.3 Å². The van der Waals surface area contributed by atoms with E-state index in [0.717, 1.165) is 12.2 Å². The Labute approximate surface area is 108 Å². The molecule has 2 heterocycles. The second-order valence-electron chi connectivity index (χ2n) is 4.64. The number of hydrogen-bond donors (Lipinski definition) is 1. The van der Waals surface area contributed by atoms with Gasteiger partial charge in [-0.05, 0) is 38.5 Å². The van der Waals surface area contributed by atoms with Crippen molar-refractivity contribution in [3.63, 3.8) is 0 Å². The molecule has 2 rings (SSSR count). The highest BCUT2D eigenvalue weighted by Crippen LogP contribution is 2.10. The number of pyridine rings is 1. The molecule has 0 aromatic carbocycles. The number of aryl methyl sites for hydroxylation is 1. The highest BCUT2D eigenvalue weighted by atomic mass is 15.3. The normalized spacial score (nSPS) is 14.4. The summed E-state index contributed by atoms with van der Waals surface area (Å²) in [4.78, 5) is 4.29. The van der Waals surface area contributed by atoms with Crippen LogP contribution in [0.15, 0.2) is 36.8 Å². The molecule has 2 atom stereocenters. The first-order valence-corrected chi connectivity index (χ1v) is 6.31. The Morgan fingerprint density at radius 3 is 2.78 bits per heavy atom. The van der Waals surface area contributed by atoms with Crippen molar-refractivity contribution in [2.75, 3.05) is 0 Å². The van der Waals surface area contributed by atoms with E-state index < -0.39 is 0 Å². The van der Waals surface area contributed by atoms with Crippen LogP contribution >= 0.6 is 0 Å². The lowest BCUT2D eigenvalue weighted by Crippen LogP contribution is -2.33. The summed E-state index contributed by atoms with van der Waals surface area (Å²) >= 11 is 0. The van der Waals surface area contributed by atoms with Gasteiger partial charge in [-0.1, -0.05) is 6.07 Å². The standard InChI is InChI=1S/C14H20N4/c1-11(13(3)18-9-5-8-17-18)16-10-14-6-4-7-15-12(14)2/h4-9,11,13,16H,10H2,1-3H3/t11-,13+/m0/s1. The highest BCUT2D eigenvalue weighted by Gasteiger charge is 2.13. The maximum Gasteiger partial charge on any atom is 0.0641 e. The fourth-order valence-corrected chi connectivity index (χ4v) is 1.90. The van der Waals surface area contributed by atoms with Crippen LogP contribution in [0.5, 0.6) is 0 Å². The lowest BCUT2D eigenvalue weighted by atomic mass is 10.1. The van der Waals surface area contributed by atoms with Crippen LogP contribution in [0.2, 0.25) is 0 Å². The van der Waals surface area contributed by atoms with E-state index in [1.807, 2.05) is 42.3 Å². The highest BCUT2D eigenvalue weighted by molar-refractivity contribution is 5.17. The Balaban J connectivity index is 1.92. The second kappa shape index (κ2) is 5.78. The molecule has 0 unspecified atom stereocenters. The van der Waals surface area contributed by atoms with E-state index in [0.29, 0.717) is 12.1 Å². The third-order valence-electron chi connectivity index (χ3n) is 3.40. The molecule has 4 heteroatoms. The summed E-state index contributed by atoms with van der Waals surface area (Å²) < 4.78 is 1.98. The molecule has 2 aromatic rings. The Hall–Kier alpha value is -1.68. The molecule has 0 fully saturated rings. The number of hydrogen-bond acceptors (Lipinski definition) is 3. The molecule has 0 bridgehead atoms. The fourth-order valence-electron chi connectivity index (χ4n) is 1.90. The van der Waals surface area contributed by atoms with Crippen molar-refractivity contribution in [2.45, 2.75) is 39.4 Å². The molecule has 0 aliphatic rings. The monoisotopic (exact) mass is 244 g/mol. The molecule has 1 N–H and O–H groups in total. The molecule has 0 aliphatic heterocycles. The molecule has 0 aliphatic carbocycles. The summed E-state index contributed by atoms with van der Waals surface area (Å²) in [6.45, 7) is 7.23. The average molecular weight is 244 g/mol. The maximum absolute atomic E-state index is 4.29. The van der Waals surface area contributed by atoms with Crippen LogP contribution in [0.1, 0.15) is 31.1 Å². The van der Waals surface area contributed by atoms with Crippen molar-refractivity contribution >= 4 is 0 Å². The summed E-state index contributed by atoms with van der Waals surface area (Å²) in [5.41, 5.74) is 2.33. The first-order chi connectivity index (χ1) is 8.68. The molecular formula is C14H20N4. The van der Waals surface area contributed by atoms with Crippen molar-refractivity contribution in [3.8, 4) is 0 Å². The van der Waals surface area contributed by atoms with Crippen LogP contribution in [0, 0.1) is 6.92 Å². The minimum absolute atomic E-state index is 0.331. The zero-order valence-corrected chi connectivity index (χ0v) is 11.2. The fraction of sp³-hybridized carbons (Fsp3) is 0.429. The zero-order valence-electron chi connectivity index (χ0n) is 11.2. The van der Waals surface area contributed by atoms with Gasteiger partial charge in [0.25, 0.3) is 0 Å². The summed E-state index contributed by atoms with van der Waals surface area (Å²) in [5, 5.41) is 7.80. The molecule has 96 valence electrons. The summed E-state index contributed by atoms with van der Waals surface area (Å²) in [6, 6.07) is 6.72. The van der Waals surface area contributed by atoms with Gasteiger partial charge in [-0.15, -0.1) is 0 Å². The van der Waals surface area contributed by atoms with E-state index in [1.54, 1.807) is 0 Å². The SMILES string of the molecule is Cc1ncccc1CN[C@@H](C)[C@@H](C)n1cccn1. The van der Waals surface area contributed by atoms with Crippen molar-refractivity contribution in [3.05, 3.63) is 48.0 Å². The number of nitrogens with zero attached hydrogens (tertiary/aromatic N) is 3. The quantitative estimate of drug-likeness (QED) is 0.877. The van der Waals surface area contributed by atoms with Crippen LogP contribution in [0.4, 0.5) is 0 Å². The average Bonchev–Trinajstić information content (AvgIpc) is 2.90. The van der Waals surface area contributed by atoms with Gasteiger partial charge in [0.1, 0.15) is 0 Å². The van der Waals surface area contributed by atoms with E-state index in [9.17, 15) is 0 Å². The minimum atomic E-state index is 0.331. The molecule has 0 radical (unpaired) electrons. The first kappa shape index (κ1) is 12.8. The van der Waals surface area contributed by atoms with Gasteiger partial charge in [0.15, 0.2) is 0 Å². The Morgan fingerprint density at radius 1 is 1.28 bits per heavy atom. The van der Waals surface area contributed by atoms with Crippen molar-refractivity contribution < 1.29 is 0 Å². The molecule has 0 spiro atoms. The molecule has 0 saturated carbocycles. The van der Waals surface area contributed by atoms with E-state index in [4.69, 9.17) is 0 Å². The second-order valence-corrected chi connectivity index (χ2v) is 4.64. The van der Waals surface area contributed by atoms with Gasteiger partial charge in [0.2, 0.25) is 0 Å². The van der Waals surface area contributed by atoms with Gasteiger partial charge in [-0.2, -0.15) is 5.10 Å². The molecule has 0 amide bonds. The van der Waals surface area contributed by atoms with Gasteiger partial charge >= 0.3 is 0 Å². The van der Waals surface area contributed by atoms with Crippen LogP contribution in [-0.4, -0.2) is 20.8 Å². The predicted molar refractivity (Wildman–Crippen MR) is 72.2 cm³/mol. The van der Waals surface area contributed by atoms with Gasteiger partial charge in [0.05, 0.1) is 6.04 Å². The molecule has 18 heavy (non-hydrogen) atoms. The van der Waals surface area contributed by atoms with E-state index in [1.165, 1.54) is 5.56 Å². The first-order valence-electron chi connectivity index (χ1n) is 6.31. The van der Waals surface area contributed by atoms with Crippen LogP contribution < -0.4 is 5.32 Å². The van der Waals surface area contributed by atoms with Gasteiger partial charge in [-0.25, -0.2) is 0 Å². The number of rotatable bonds is 5. The third-order valence-corrected chi connectivity index (χ3v) is 3.40. The minimum Gasteiger partial charge on any atom is -0.308 e. The summed E-state index contributed by atoms with van der Waals surface area (Å²) in [5.74, 6) is 0. The van der Waals surface area contributed by atoms with Crippen LogP contribution in [-0.2, 0) is 6.54 Å². The molecule has 0 saturated heterocycles. The van der Waals surface area contributed by atoms with Gasteiger partial charge in [-0.3, -0.25) is 9.67 Å². The Bertz CT molecular complexity index is 478. The van der Waals surface area contributed by atoms with Crippen molar-refractivity contribution in [1.29, 1.82) is 0 Å². The lowest BCUT2D eigenvalue weighted by Gasteiger charge is -2.22. The summed E-state index contributed by atoms with van der Waals surface area (Å²) in [7, 11) is 0. The third kappa shape index (κ3) is 2.96. The number of nitrogens with one attached hydrogen (secondary N) is 1. The zero-order chi connectivity index (χ0) is 13.0. The number of aromatic nitrogens is 3. The smallest absolute Gasteiger partial charge is 0.0641 e. The lowest BCUT2D eigenvalue weighted by molar-refractivity contribution is 0.364. The molecular weight excluding hydrogens is 224 g/mol. The topological polar surface area (TPSA) is 42.7 Å².